The monoisotopic (exact) mass is 413 g/mol. The van der Waals surface area contributed by atoms with Gasteiger partial charge in [0, 0.05) is 29.8 Å². The lowest BCUT2D eigenvalue weighted by Gasteiger charge is -2.08. The summed E-state index contributed by atoms with van der Waals surface area (Å²) in [5.41, 5.74) is 5.08. The molecule has 0 aliphatic heterocycles. The van der Waals surface area contributed by atoms with E-state index in [2.05, 4.69) is 20.2 Å². The number of anilines is 1. The number of nitrogens with zero attached hydrogens (tertiary/aromatic N) is 2. The minimum atomic E-state index is -0.192. The molecular weight excluding hydrogens is 390 g/mol. The van der Waals surface area contributed by atoms with E-state index in [0.717, 1.165) is 27.9 Å². The maximum atomic E-state index is 11.2. The summed E-state index contributed by atoms with van der Waals surface area (Å²) in [5, 5.41) is 7.50. The quantitative estimate of drug-likeness (QED) is 0.404. The van der Waals surface area contributed by atoms with Gasteiger partial charge in [-0.05, 0) is 41.8 Å². The van der Waals surface area contributed by atoms with Crippen molar-refractivity contribution in [1.29, 1.82) is 0 Å². The molecule has 1 heterocycles. The third-order valence-electron chi connectivity index (χ3n) is 4.95. The number of aryl methyl sites for hydroxylation is 1. The summed E-state index contributed by atoms with van der Waals surface area (Å²) < 4.78 is 10.1. The molecule has 6 nitrogen and oxygen atoms in total. The number of carbonyl (C=O) groups is 1. The topological polar surface area (TPSA) is 77.2 Å². The summed E-state index contributed by atoms with van der Waals surface area (Å²) in [6, 6.07) is 25.9. The molecule has 0 amide bonds. The summed E-state index contributed by atoms with van der Waals surface area (Å²) in [7, 11) is 1.41. The van der Waals surface area contributed by atoms with E-state index in [0.29, 0.717) is 31.1 Å². The van der Waals surface area contributed by atoms with Crippen molar-refractivity contribution in [3.8, 4) is 22.8 Å². The number of carbonyl (C=O) groups excluding carboxylic acids is 1. The second kappa shape index (κ2) is 9.71. The third kappa shape index (κ3) is 5.36. The molecule has 1 aromatic heterocycles. The minimum absolute atomic E-state index is 0.192. The van der Waals surface area contributed by atoms with Gasteiger partial charge in [-0.2, -0.15) is 4.98 Å². The van der Waals surface area contributed by atoms with Crippen molar-refractivity contribution in [2.75, 3.05) is 12.4 Å². The molecule has 0 unspecified atom stereocenters. The van der Waals surface area contributed by atoms with Gasteiger partial charge >= 0.3 is 5.97 Å². The van der Waals surface area contributed by atoms with Gasteiger partial charge in [-0.3, -0.25) is 4.79 Å². The molecule has 0 aliphatic carbocycles. The zero-order valence-corrected chi connectivity index (χ0v) is 17.2. The van der Waals surface area contributed by atoms with Crippen LogP contribution in [0.2, 0.25) is 0 Å². The first-order valence-corrected chi connectivity index (χ1v) is 10.1. The van der Waals surface area contributed by atoms with E-state index < -0.39 is 0 Å². The highest BCUT2D eigenvalue weighted by atomic mass is 16.5. The van der Waals surface area contributed by atoms with Crippen molar-refractivity contribution in [3.63, 3.8) is 0 Å². The van der Waals surface area contributed by atoms with Gasteiger partial charge in [0.25, 0.3) is 5.89 Å². The van der Waals surface area contributed by atoms with Crippen LogP contribution < -0.4 is 5.32 Å². The van der Waals surface area contributed by atoms with Crippen LogP contribution in [0.15, 0.2) is 83.4 Å². The van der Waals surface area contributed by atoms with Crippen LogP contribution in [0.1, 0.15) is 17.5 Å². The minimum Gasteiger partial charge on any atom is -0.469 e. The van der Waals surface area contributed by atoms with Crippen molar-refractivity contribution in [2.45, 2.75) is 19.4 Å². The fraction of sp³-hybridized carbons (Fsp3) is 0.160. The van der Waals surface area contributed by atoms with Gasteiger partial charge in [-0.15, -0.1) is 0 Å². The van der Waals surface area contributed by atoms with Crippen LogP contribution in [-0.2, 0) is 22.5 Å². The Kier molecular flexibility index (Phi) is 6.38. The van der Waals surface area contributed by atoms with Gasteiger partial charge < -0.3 is 14.6 Å². The number of ether oxygens (including phenoxy) is 1. The molecule has 6 heteroatoms. The van der Waals surface area contributed by atoms with E-state index in [-0.39, 0.29) is 5.97 Å². The lowest BCUT2D eigenvalue weighted by atomic mass is 10.1. The van der Waals surface area contributed by atoms with Crippen LogP contribution in [0.5, 0.6) is 0 Å². The summed E-state index contributed by atoms with van der Waals surface area (Å²) >= 11 is 0. The highest BCUT2D eigenvalue weighted by molar-refractivity contribution is 5.69. The van der Waals surface area contributed by atoms with E-state index in [9.17, 15) is 4.79 Å². The second-order valence-corrected chi connectivity index (χ2v) is 7.11. The maximum Gasteiger partial charge on any atom is 0.305 e. The summed E-state index contributed by atoms with van der Waals surface area (Å²) in [5.74, 6) is 0.889. The molecule has 0 atom stereocenters. The molecule has 0 radical (unpaired) electrons. The summed E-state index contributed by atoms with van der Waals surface area (Å²) in [6.45, 7) is 0.698. The van der Waals surface area contributed by atoms with Crippen LogP contribution in [0.4, 0.5) is 5.69 Å². The lowest BCUT2D eigenvalue weighted by molar-refractivity contribution is -0.140. The fourth-order valence-corrected chi connectivity index (χ4v) is 3.15. The van der Waals surface area contributed by atoms with Gasteiger partial charge in [0.05, 0.1) is 7.11 Å². The molecule has 0 saturated carbocycles. The normalized spacial score (nSPS) is 10.6. The van der Waals surface area contributed by atoms with E-state index in [4.69, 9.17) is 4.52 Å². The Bertz CT molecular complexity index is 1120. The number of hydrogen-bond acceptors (Lipinski definition) is 6. The molecule has 4 aromatic rings. The Morgan fingerprint density at radius 1 is 0.903 bits per heavy atom. The number of esters is 1. The molecule has 31 heavy (non-hydrogen) atoms. The van der Waals surface area contributed by atoms with Crippen LogP contribution in [0.3, 0.4) is 0 Å². The van der Waals surface area contributed by atoms with Gasteiger partial charge in [-0.25, -0.2) is 0 Å². The zero-order chi connectivity index (χ0) is 21.5. The predicted molar refractivity (Wildman–Crippen MR) is 119 cm³/mol. The Labute approximate surface area is 180 Å². The first-order chi connectivity index (χ1) is 15.2. The Hall–Kier alpha value is -3.93. The number of aromatic nitrogens is 2. The Balaban J connectivity index is 1.33. The van der Waals surface area contributed by atoms with Gasteiger partial charge in [-0.1, -0.05) is 59.8 Å². The number of hydrogen-bond donors (Lipinski definition) is 1. The second-order valence-electron chi connectivity index (χ2n) is 7.11. The molecule has 0 spiro atoms. The van der Waals surface area contributed by atoms with Crippen molar-refractivity contribution in [1.82, 2.24) is 10.1 Å². The van der Waals surface area contributed by atoms with Crippen molar-refractivity contribution >= 4 is 11.7 Å². The van der Waals surface area contributed by atoms with Crippen molar-refractivity contribution in [3.05, 3.63) is 90.0 Å². The third-order valence-corrected chi connectivity index (χ3v) is 4.95. The number of methoxy groups -OCH3 is 1. The Morgan fingerprint density at radius 3 is 2.32 bits per heavy atom. The molecule has 156 valence electrons. The molecule has 0 saturated heterocycles. The number of rotatable bonds is 8. The standard InChI is InChI=1S/C25H23N3O3/c1-30-23(29)16-11-18-9-14-22(15-10-18)26-17-19-7-12-20(13-8-19)24-27-25(31-28-24)21-5-3-2-4-6-21/h2-10,12-15,26H,11,16-17H2,1H3. The predicted octanol–water partition coefficient (Wildman–Crippen LogP) is 5.12. The zero-order valence-electron chi connectivity index (χ0n) is 17.2. The number of benzene rings is 3. The maximum absolute atomic E-state index is 11.2. The van der Waals surface area contributed by atoms with E-state index in [1.807, 2.05) is 78.9 Å². The highest BCUT2D eigenvalue weighted by Gasteiger charge is 2.10. The van der Waals surface area contributed by atoms with Crippen LogP contribution >= 0.6 is 0 Å². The molecule has 0 aliphatic rings. The van der Waals surface area contributed by atoms with E-state index in [1.54, 1.807) is 0 Å². The average molecular weight is 413 g/mol. The van der Waals surface area contributed by atoms with Crippen molar-refractivity contribution in [2.24, 2.45) is 0 Å². The first kappa shape index (κ1) is 20.3. The summed E-state index contributed by atoms with van der Waals surface area (Å²) in [4.78, 5) is 15.7. The molecular formula is C25H23N3O3. The summed E-state index contributed by atoms with van der Waals surface area (Å²) in [6.07, 6.45) is 1.07. The smallest absolute Gasteiger partial charge is 0.305 e. The number of nitrogens with one attached hydrogen (secondary N) is 1. The highest BCUT2D eigenvalue weighted by Crippen LogP contribution is 2.22. The largest absolute Gasteiger partial charge is 0.469 e. The molecule has 4 rings (SSSR count). The molecule has 0 bridgehead atoms. The van der Waals surface area contributed by atoms with Crippen LogP contribution in [-0.4, -0.2) is 23.2 Å². The van der Waals surface area contributed by atoms with Gasteiger partial charge in [0.1, 0.15) is 0 Å². The SMILES string of the molecule is COC(=O)CCc1ccc(NCc2ccc(-c3noc(-c4ccccc4)n3)cc2)cc1. The molecule has 0 fully saturated rings. The molecule has 1 N–H and O–H groups in total. The molecule has 3 aromatic carbocycles. The van der Waals surface area contributed by atoms with E-state index in [1.165, 1.54) is 7.11 Å². The lowest BCUT2D eigenvalue weighted by Crippen LogP contribution is -2.02. The average Bonchev–Trinajstić information content (AvgIpc) is 3.33. The Morgan fingerprint density at radius 2 is 1.61 bits per heavy atom. The first-order valence-electron chi connectivity index (χ1n) is 10.1. The van der Waals surface area contributed by atoms with E-state index >= 15 is 0 Å². The van der Waals surface area contributed by atoms with Crippen LogP contribution in [0.25, 0.3) is 22.8 Å². The van der Waals surface area contributed by atoms with Crippen LogP contribution in [0, 0.1) is 0 Å². The van der Waals surface area contributed by atoms with Gasteiger partial charge in [0.2, 0.25) is 5.82 Å². The van der Waals surface area contributed by atoms with Gasteiger partial charge in [0.15, 0.2) is 0 Å². The van der Waals surface area contributed by atoms with Crippen molar-refractivity contribution < 1.29 is 14.1 Å². The fourth-order valence-electron chi connectivity index (χ4n) is 3.15.